The van der Waals surface area contributed by atoms with Gasteiger partial charge in [0.1, 0.15) is 28.7 Å². The summed E-state index contributed by atoms with van der Waals surface area (Å²) in [5.74, 6) is 3.05. The summed E-state index contributed by atoms with van der Waals surface area (Å²) in [6, 6.07) is 37.6. The normalized spacial score (nSPS) is 11.6. The van der Waals surface area contributed by atoms with E-state index in [0.717, 1.165) is 95.4 Å². The van der Waals surface area contributed by atoms with E-state index in [1.807, 2.05) is 84.9 Å². The first kappa shape index (κ1) is 34.8. The Morgan fingerprint density at radius 3 is 1.85 bits per heavy atom. The van der Waals surface area contributed by atoms with Crippen LogP contribution in [0.3, 0.4) is 0 Å². The summed E-state index contributed by atoms with van der Waals surface area (Å²) >= 11 is 0. The SMILES string of the molecule is CCC=Cc1c(Oc2ccccc2)c2c(OC(=O)c3ccccc3)ccc3ccc4c(CCCC)c(CCCCC)c(Oc5ccccc5)c1c4c32. The van der Waals surface area contributed by atoms with Crippen LogP contribution in [-0.4, -0.2) is 5.97 Å². The average Bonchev–Trinajstić information content (AvgIpc) is 3.18. The summed E-state index contributed by atoms with van der Waals surface area (Å²) in [6.45, 7) is 6.64. The maximum absolute atomic E-state index is 13.7. The van der Waals surface area contributed by atoms with Gasteiger partial charge in [-0.3, -0.25) is 0 Å². The van der Waals surface area contributed by atoms with Gasteiger partial charge in [-0.25, -0.2) is 4.79 Å². The van der Waals surface area contributed by atoms with Gasteiger partial charge < -0.3 is 14.2 Å². The fraction of sp³-hybridized carbons (Fsp3) is 0.229. The Hall–Kier alpha value is -5.61. The Balaban J connectivity index is 1.65. The molecule has 0 aromatic heterocycles. The zero-order valence-electron chi connectivity index (χ0n) is 30.4. The number of rotatable bonds is 15. The van der Waals surface area contributed by atoms with Crippen molar-refractivity contribution in [1.29, 1.82) is 0 Å². The molecule has 262 valence electrons. The number of benzene rings is 7. The maximum atomic E-state index is 13.7. The van der Waals surface area contributed by atoms with Gasteiger partial charge in [0, 0.05) is 21.7 Å². The highest BCUT2D eigenvalue weighted by Gasteiger charge is 2.29. The maximum Gasteiger partial charge on any atom is 0.343 e. The highest BCUT2D eigenvalue weighted by Crippen LogP contribution is 2.54. The van der Waals surface area contributed by atoms with E-state index in [-0.39, 0.29) is 0 Å². The Labute approximate surface area is 307 Å². The Bertz CT molecular complexity index is 2310. The van der Waals surface area contributed by atoms with Gasteiger partial charge in [-0.2, -0.15) is 0 Å². The molecule has 52 heavy (non-hydrogen) atoms. The molecule has 0 atom stereocenters. The van der Waals surface area contributed by atoms with Gasteiger partial charge in [-0.1, -0.05) is 125 Å². The monoisotopic (exact) mass is 686 g/mol. The predicted octanol–water partition coefficient (Wildman–Crippen LogP) is 13.9. The molecule has 7 aromatic rings. The number of hydrogen-bond acceptors (Lipinski definition) is 4. The van der Waals surface area contributed by atoms with Crippen molar-refractivity contribution >= 4 is 44.4 Å². The first-order chi connectivity index (χ1) is 25.6. The minimum atomic E-state index is -0.415. The second kappa shape index (κ2) is 16.2. The number of unbranched alkanes of at least 4 members (excludes halogenated alkanes) is 3. The van der Waals surface area contributed by atoms with Crippen LogP contribution in [-0.2, 0) is 12.8 Å². The molecule has 0 fully saturated rings. The van der Waals surface area contributed by atoms with Gasteiger partial charge in [0.15, 0.2) is 0 Å². The molecule has 7 aromatic carbocycles. The predicted molar refractivity (Wildman–Crippen MR) is 216 cm³/mol. The molecule has 0 heterocycles. The quantitative estimate of drug-likeness (QED) is 0.0466. The third kappa shape index (κ3) is 6.98. The summed E-state index contributed by atoms with van der Waals surface area (Å²) in [6.07, 6.45) is 12.5. The number of allylic oxidation sites excluding steroid dienone is 1. The van der Waals surface area contributed by atoms with E-state index >= 15 is 0 Å². The van der Waals surface area contributed by atoms with E-state index in [9.17, 15) is 4.79 Å². The van der Waals surface area contributed by atoms with E-state index in [0.29, 0.717) is 22.8 Å². The van der Waals surface area contributed by atoms with Crippen LogP contribution in [0.4, 0.5) is 0 Å². The van der Waals surface area contributed by atoms with Crippen molar-refractivity contribution in [3.8, 4) is 28.7 Å². The van der Waals surface area contributed by atoms with Crippen LogP contribution < -0.4 is 14.2 Å². The standard InChI is InChI=1S/C48H46O4/c1-4-7-13-28-39-37(26-8-5-2)38-31-29-33-30-32-41(52-48(49)34-20-14-10-15-21-34)45-42(33)43(38)44(46(39)50-35-22-16-11-17-23-35)40(27-9-6-3)47(45)51-36-24-18-12-19-25-36/h9-12,14-25,27,29-32H,4-8,13,26,28H2,1-3H3. The third-order valence-electron chi connectivity index (χ3n) is 9.80. The highest BCUT2D eigenvalue weighted by molar-refractivity contribution is 6.30. The van der Waals surface area contributed by atoms with Crippen LogP contribution in [0.5, 0.6) is 28.7 Å². The van der Waals surface area contributed by atoms with E-state index < -0.39 is 5.97 Å². The lowest BCUT2D eigenvalue weighted by Gasteiger charge is -2.26. The number of para-hydroxylation sites is 2. The number of hydrogen-bond donors (Lipinski definition) is 0. The smallest absolute Gasteiger partial charge is 0.343 e. The molecule has 0 amide bonds. The van der Waals surface area contributed by atoms with Gasteiger partial charge in [-0.05, 0) is 96.5 Å². The van der Waals surface area contributed by atoms with Gasteiger partial charge in [-0.15, -0.1) is 0 Å². The molecule has 0 aliphatic heterocycles. The van der Waals surface area contributed by atoms with Gasteiger partial charge in [0.2, 0.25) is 0 Å². The first-order valence-electron chi connectivity index (χ1n) is 18.8. The van der Waals surface area contributed by atoms with E-state index in [4.69, 9.17) is 14.2 Å². The number of carbonyl (C=O) groups is 1. The summed E-state index contributed by atoms with van der Waals surface area (Å²) < 4.78 is 20.4. The molecule has 0 saturated heterocycles. The topological polar surface area (TPSA) is 44.8 Å². The van der Waals surface area contributed by atoms with Crippen LogP contribution >= 0.6 is 0 Å². The van der Waals surface area contributed by atoms with Gasteiger partial charge >= 0.3 is 5.97 Å². The lowest BCUT2D eigenvalue weighted by Crippen LogP contribution is -2.09. The van der Waals surface area contributed by atoms with Crippen molar-refractivity contribution < 1.29 is 19.0 Å². The summed E-state index contributed by atoms with van der Waals surface area (Å²) in [5, 5.41) is 6.16. The molecule has 0 aliphatic rings. The Kier molecular flexibility index (Phi) is 10.8. The minimum absolute atomic E-state index is 0.415. The number of ether oxygens (including phenoxy) is 3. The Morgan fingerprint density at radius 2 is 1.19 bits per heavy atom. The number of carbonyl (C=O) groups excluding carboxylic acids is 1. The fourth-order valence-corrected chi connectivity index (χ4v) is 7.30. The molecule has 0 radical (unpaired) electrons. The lowest BCUT2D eigenvalue weighted by atomic mass is 9.83. The molecular weight excluding hydrogens is 641 g/mol. The molecule has 0 saturated carbocycles. The second-order valence-electron chi connectivity index (χ2n) is 13.4. The first-order valence-corrected chi connectivity index (χ1v) is 18.8. The Morgan fingerprint density at radius 1 is 0.577 bits per heavy atom. The average molecular weight is 687 g/mol. The van der Waals surface area contributed by atoms with Crippen LogP contribution in [0.2, 0.25) is 0 Å². The fourth-order valence-electron chi connectivity index (χ4n) is 7.30. The molecule has 0 unspecified atom stereocenters. The van der Waals surface area contributed by atoms with Crippen LogP contribution in [0.15, 0.2) is 121 Å². The molecule has 0 N–H and O–H groups in total. The third-order valence-corrected chi connectivity index (χ3v) is 9.80. The molecule has 0 bridgehead atoms. The van der Waals surface area contributed by atoms with Gasteiger partial charge in [0.05, 0.1) is 10.9 Å². The van der Waals surface area contributed by atoms with Crippen molar-refractivity contribution in [2.45, 2.75) is 72.1 Å². The molecule has 4 heteroatoms. The van der Waals surface area contributed by atoms with Crippen molar-refractivity contribution in [3.05, 3.63) is 144 Å². The molecule has 0 aliphatic carbocycles. The minimum Gasteiger partial charge on any atom is -0.456 e. The number of aryl methyl sites for hydroxylation is 1. The summed E-state index contributed by atoms with van der Waals surface area (Å²) in [5.41, 5.74) is 4.00. The summed E-state index contributed by atoms with van der Waals surface area (Å²) in [4.78, 5) is 13.7. The van der Waals surface area contributed by atoms with Crippen molar-refractivity contribution in [3.63, 3.8) is 0 Å². The number of esters is 1. The molecule has 0 spiro atoms. The zero-order valence-corrected chi connectivity index (χ0v) is 30.4. The largest absolute Gasteiger partial charge is 0.456 e. The molecule has 4 nitrogen and oxygen atoms in total. The second-order valence-corrected chi connectivity index (χ2v) is 13.4. The van der Waals surface area contributed by atoms with E-state index in [2.05, 4.69) is 51.1 Å². The molecule has 7 rings (SSSR count). The zero-order chi connectivity index (χ0) is 35.9. The summed E-state index contributed by atoms with van der Waals surface area (Å²) in [7, 11) is 0. The van der Waals surface area contributed by atoms with Crippen molar-refractivity contribution in [2.75, 3.05) is 0 Å². The van der Waals surface area contributed by atoms with Crippen LogP contribution in [0.1, 0.15) is 86.3 Å². The van der Waals surface area contributed by atoms with Crippen LogP contribution in [0.25, 0.3) is 38.4 Å². The van der Waals surface area contributed by atoms with Crippen LogP contribution in [0, 0.1) is 0 Å². The van der Waals surface area contributed by atoms with Gasteiger partial charge in [0.25, 0.3) is 0 Å². The van der Waals surface area contributed by atoms with E-state index in [1.165, 1.54) is 16.5 Å². The van der Waals surface area contributed by atoms with Crippen molar-refractivity contribution in [2.24, 2.45) is 0 Å². The lowest BCUT2D eigenvalue weighted by molar-refractivity contribution is 0.0737. The van der Waals surface area contributed by atoms with Crippen molar-refractivity contribution in [1.82, 2.24) is 0 Å². The highest BCUT2D eigenvalue weighted by atomic mass is 16.5. The molecular formula is C48H46O4. The van der Waals surface area contributed by atoms with E-state index in [1.54, 1.807) is 12.1 Å².